The highest BCUT2D eigenvalue weighted by Gasteiger charge is 2.23. The molecule has 34 heavy (non-hydrogen) atoms. The van der Waals surface area contributed by atoms with Crippen LogP contribution in [-0.4, -0.2) is 29.6 Å². The normalized spacial score (nSPS) is 12.2. The minimum atomic E-state index is -3.29. The van der Waals surface area contributed by atoms with Crippen molar-refractivity contribution in [2.45, 2.75) is 37.8 Å². The SMILES string of the molecule is Cc1cc(-c2cccc(S(C)(=O)=O)c2)ccc1-c1cc(C(C)(C)O)nn1Cc1ccc(Cl)cc1. The number of rotatable bonds is 6. The van der Waals surface area contributed by atoms with Crippen LogP contribution in [0, 0.1) is 6.92 Å². The number of nitrogens with zero attached hydrogens (tertiary/aromatic N) is 2. The standard InChI is InChI=1S/C27H27ClN2O3S/c1-18-14-21(20-6-5-7-23(15-20)34(4,32)33)10-13-24(18)25-16-26(27(2,3)31)29-30(25)17-19-8-11-22(28)12-9-19/h5-16,31H,17H2,1-4H3. The molecule has 1 aromatic heterocycles. The third kappa shape index (κ3) is 5.25. The Kier molecular flexibility index (Phi) is 6.42. The average molecular weight is 495 g/mol. The molecule has 0 bridgehead atoms. The largest absolute Gasteiger partial charge is 0.384 e. The van der Waals surface area contributed by atoms with Crippen molar-refractivity contribution >= 4 is 21.4 Å². The van der Waals surface area contributed by atoms with Gasteiger partial charge < -0.3 is 5.11 Å². The van der Waals surface area contributed by atoms with Gasteiger partial charge in [0.1, 0.15) is 5.60 Å². The van der Waals surface area contributed by atoms with Crippen LogP contribution in [0.25, 0.3) is 22.4 Å². The van der Waals surface area contributed by atoms with Crippen LogP contribution >= 0.6 is 11.6 Å². The van der Waals surface area contributed by atoms with Crippen molar-refractivity contribution < 1.29 is 13.5 Å². The maximum absolute atomic E-state index is 12.0. The summed E-state index contributed by atoms with van der Waals surface area (Å²) in [4.78, 5) is 0.294. The van der Waals surface area contributed by atoms with E-state index >= 15 is 0 Å². The molecule has 0 amide bonds. The fourth-order valence-electron chi connectivity index (χ4n) is 3.85. The second kappa shape index (κ2) is 9.02. The summed E-state index contributed by atoms with van der Waals surface area (Å²) in [5, 5.41) is 16.0. The molecule has 4 rings (SSSR count). The summed E-state index contributed by atoms with van der Waals surface area (Å²) < 4.78 is 25.8. The number of aromatic nitrogens is 2. The molecular formula is C27H27ClN2O3S. The molecule has 0 atom stereocenters. The monoisotopic (exact) mass is 494 g/mol. The van der Waals surface area contributed by atoms with Crippen LogP contribution in [0.2, 0.25) is 5.02 Å². The first-order valence-electron chi connectivity index (χ1n) is 10.9. The molecule has 0 aliphatic rings. The molecule has 0 radical (unpaired) electrons. The number of sulfone groups is 1. The average Bonchev–Trinajstić information content (AvgIpc) is 3.19. The first-order valence-corrected chi connectivity index (χ1v) is 13.2. The molecular weight excluding hydrogens is 468 g/mol. The maximum atomic E-state index is 12.0. The molecule has 4 aromatic rings. The second-order valence-corrected chi connectivity index (χ2v) is 11.5. The highest BCUT2D eigenvalue weighted by molar-refractivity contribution is 7.90. The number of benzene rings is 3. The molecule has 3 aromatic carbocycles. The van der Waals surface area contributed by atoms with E-state index in [1.165, 1.54) is 6.26 Å². The zero-order chi connectivity index (χ0) is 24.7. The molecule has 0 spiro atoms. The van der Waals surface area contributed by atoms with E-state index in [0.717, 1.165) is 33.5 Å². The van der Waals surface area contributed by atoms with Gasteiger partial charge in [0.15, 0.2) is 9.84 Å². The first-order chi connectivity index (χ1) is 15.9. The number of hydrogen-bond donors (Lipinski definition) is 1. The molecule has 1 heterocycles. The van der Waals surface area contributed by atoms with Gasteiger partial charge in [-0.05, 0) is 73.4 Å². The lowest BCUT2D eigenvalue weighted by Crippen LogP contribution is -2.17. The Morgan fingerprint density at radius 1 is 0.971 bits per heavy atom. The number of hydrogen-bond acceptors (Lipinski definition) is 4. The lowest BCUT2D eigenvalue weighted by atomic mass is 9.97. The molecule has 0 saturated heterocycles. The van der Waals surface area contributed by atoms with Gasteiger partial charge in [0.05, 0.1) is 22.8 Å². The van der Waals surface area contributed by atoms with Crippen LogP contribution in [0.4, 0.5) is 0 Å². The highest BCUT2D eigenvalue weighted by atomic mass is 35.5. The van der Waals surface area contributed by atoms with Crippen molar-refractivity contribution in [3.8, 4) is 22.4 Å². The van der Waals surface area contributed by atoms with Crippen molar-refractivity contribution in [2.24, 2.45) is 0 Å². The van der Waals surface area contributed by atoms with Crippen LogP contribution in [0.1, 0.15) is 30.7 Å². The Bertz CT molecular complexity index is 1450. The smallest absolute Gasteiger partial charge is 0.175 e. The van der Waals surface area contributed by atoms with Gasteiger partial charge in [-0.1, -0.05) is 54.1 Å². The molecule has 0 saturated carbocycles. The highest BCUT2D eigenvalue weighted by Crippen LogP contribution is 2.32. The Balaban J connectivity index is 1.77. The van der Waals surface area contributed by atoms with E-state index in [0.29, 0.717) is 22.2 Å². The molecule has 176 valence electrons. The summed E-state index contributed by atoms with van der Waals surface area (Å²) >= 11 is 6.04. The van der Waals surface area contributed by atoms with E-state index in [1.54, 1.807) is 32.0 Å². The summed E-state index contributed by atoms with van der Waals surface area (Å²) in [5.74, 6) is 0. The van der Waals surface area contributed by atoms with E-state index in [1.807, 2.05) is 66.2 Å². The van der Waals surface area contributed by atoms with Crippen molar-refractivity contribution in [3.63, 3.8) is 0 Å². The lowest BCUT2D eigenvalue weighted by Gasteiger charge is -2.13. The third-order valence-electron chi connectivity index (χ3n) is 5.75. The van der Waals surface area contributed by atoms with Crippen LogP contribution < -0.4 is 0 Å². The summed E-state index contributed by atoms with van der Waals surface area (Å²) in [5.41, 5.74) is 5.20. The van der Waals surface area contributed by atoms with Crippen molar-refractivity contribution in [1.29, 1.82) is 0 Å². The van der Waals surface area contributed by atoms with E-state index in [9.17, 15) is 13.5 Å². The van der Waals surface area contributed by atoms with Gasteiger partial charge in [0.2, 0.25) is 0 Å². The van der Waals surface area contributed by atoms with Crippen LogP contribution in [0.15, 0.2) is 77.7 Å². The molecule has 0 fully saturated rings. The van der Waals surface area contributed by atoms with Crippen molar-refractivity contribution in [1.82, 2.24) is 9.78 Å². The van der Waals surface area contributed by atoms with Gasteiger partial charge in [-0.15, -0.1) is 0 Å². The zero-order valence-electron chi connectivity index (χ0n) is 19.6. The fraction of sp³-hybridized carbons (Fsp3) is 0.222. The van der Waals surface area contributed by atoms with Gasteiger partial charge in [-0.3, -0.25) is 4.68 Å². The van der Waals surface area contributed by atoms with Gasteiger partial charge >= 0.3 is 0 Å². The number of aliphatic hydroxyl groups is 1. The summed E-state index contributed by atoms with van der Waals surface area (Å²) in [6, 6.07) is 22.5. The molecule has 0 unspecified atom stereocenters. The van der Waals surface area contributed by atoms with Crippen molar-refractivity contribution in [3.05, 3.63) is 94.6 Å². The zero-order valence-corrected chi connectivity index (χ0v) is 21.2. The molecule has 5 nitrogen and oxygen atoms in total. The predicted molar refractivity (Wildman–Crippen MR) is 137 cm³/mol. The van der Waals surface area contributed by atoms with Crippen molar-refractivity contribution in [2.75, 3.05) is 6.26 Å². The van der Waals surface area contributed by atoms with E-state index in [-0.39, 0.29) is 0 Å². The lowest BCUT2D eigenvalue weighted by molar-refractivity contribution is 0.0731. The van der Waals surface area contributed by atoms with E-state index in [2.05, 4.69) is 0 Å². The van der Waals surface area contributed by atoms with E-state index < -0.39 is 15.4 Å². The predicted octanol–water partition coefficient (Wildman–Crippen LogP) is 5.86. The van der Waals surface area contributed by atoms with Crippen LogP contribution in [0.5, 0.6) is 0 Å². The second-order valence-electron chi connectivity index (χ2n) is 9.09. The summed E-state index contributed by atoms with van der Waals surface area (Å²) in [6.45, 7) is 5.98. The van der Waals surface area contributed by atoms with Crippen LogP contribution in [-0.2, 0) is 22.0 Å². The molecule has 7 heteroatoms. The topological polar surface area (TPSA) is 72.2 Å². The van der Waals surface area contributed by atoms with Gasteiger partial charge in [-0.2, -0.15) is 5.10 Å². The third-order valence-corrected chi connectivity index (χ3v) is 7.11. The van der Waals surface area contributed by atoms with Crippen LogP contribution in [0.3, 0.4) is 0 Å². The Hall–Kier alpha value is -2.93. The summed E-state index contributed by atoms with van der Waals surface area (Å²) in [7, 11) is -3.29. The maximum Gasteiger partial charge on any atom is 0.175 e. The Morgan fingerprint density at radius 2 is 1.65 bits per heavy atom. The van der Waals surface area contributed by atoms with Gasteiger partial charge in [0.25, 0.3) is 0 Å². The molecule has 0 aliphatic carbocycles. The minimum absolute atomic E-state index is 0.294. The van der Waals surface area contributed by atoms with E-state index in [4.69, 9.17) is 16.7 Å². The number of halogens is 1. The fourth-order valence-corrected chi connectivity index (χ4v) is 4.65. The molecule has 1 N–H and O–H groups in total. The Labute approximate surface area is 205 Å². The minimum Gasteiger partial charge on any atom is -0.384 e. The molecule has 0 aliphatic heterocycles. The van der Waals surface area contributed by atoms with Gasteiger partial charge in [0, 0.05) is 16.8 Å². The van der Waals surface area contributed by atoms with Gasteiger partial charge in [-0.25, -0.2) is 8.42 Å². The quantitative estimate of drug-likeness (QED) is 0.364. The Morgan fingerprint density at radius 3 is 2.26 bits per heavy atom. The first kappa shape index (κ1) is 24.2. The number of aryl methyl sites for hydroxylation is 1. The summed E-state index contributed by atoms with van der Waals surface area (Å²) in [6.07, 6.45) is 1.21.